The van der Waals surface area contributed by atoms with Gasteiger partial charge in [0, 0.05) is 19.1 Å². The molecule has 0 aromatic rings. The van der Waals surface area contributed by atoms with Gasteiger partial charge in [0.25, 0.3) is 0 Å². The molecule has 1 saturated heterocycles. The molecule has 4 heteroatoms. The summed E-state index contributed by atoms with van der Waals surface area (Å²) in [5.41, 5.74) is 5.25. The van der Waals surface area contributed by atoms with E-state index >= 15 is 0 Å². The fraction of sp³-hybridized carbons (Fsp3) is 1.00. The van der Waals surface area contributed by atoms with Gasteiger partial charge in [-0.25, -0.2) is 0 Å². The van der Waals surface area contributed by atoms with Gasteiger partial charge in [0.15, 0.2) is 6.29 Å². The van der Waals surface area contributed by atoms with Gasteiger partial charge in [-0.1, -0.05) is 0 Å². The molecule has 4 atom stereocenters. The van der Waals surface area contributed by atoms with E-state index in [9.17, 15) is 5.11 Å². The van der Waals surface area contributed by atoms with Gasteiger partial charge >= 0.3 is 0 Å². The monoisotopic (exact) mass is 175 g/mol. The van der Waals surface area contributed by atoms with Crippen LogP contribution < -0.4 is 5.73 Å². The van der Waals surface area contributed by atoms with Crippen LogP contribution in [0.15, 0.2) is 0 Å². The first kappa shape index (κ1) is 9.92. The molecular weight excluding hydrogens is 158 g/mol. The molecule has 12 heavy (non-hydrogen) atoms. The summed E-state index contributed by atoms with van der Waals surface area (Å²) >= 11 is 0. The molecule has 4 nitrogen and oxygen atoms in total. The molecule has 1 rings (SSSR count). The van der Waals surface area contributed by atoms with Gasteiger partial charge in [-0.2, -0.15) is 0 Å². The Balaban J connectivity index is 2.65. The molecule has 0 aliphatic carbocycles. The van der Waals surface area contributed by atoms with Gasteiger partial charge in [0.05, 0.1) is 12.2 Å². The molecule has 1 aliphatic heterocycles. The lowest BCUT2D eigenvalue weighted by Gasteiger charge is -2.42. The van der Waals surface area contributed by atoms with Gasteiger partial charge in [0.1, 0.15) is 0 Å². The van der Waals surface area contributed by atoms with E-state index < -0.39 is 11.6 Å². The zero-order valence-electron chi connectivity index (χ0n) is 7.78. The largest absolute Gasteiger partial charge is 0.389 e. The van der Waals surface area contributed by atoms with Crippen molar-refractivity contribution in [1.82, 2.24) is 0 Å². The van der Waals surface area contributed by atoms with Crippen LogP contribution in [0.4, 0.5) is 0 Å². The van der Waals surface area contributed by atoms with Crippen molar-refractivity contribution in [3.05, 3.63) is 0 Å². The van der Waals surface area contributed by atoms with E-state index in [1.807, 2.05) is 6.92 Å². The number of rotatable bonds is 1. The first-order valence-corrected chi connectivity index (χ1v) is 4.12. The Hall–Kier alpha value is -0.160. The van der Waals surface area contributed by atoms with Gasteiger partial charge in [-0.05, 0) is 13.8 Å². The lowest BCUT2D eigenvalue weighted by molar-refractivity contribution is -0.226. The van der Waals surface area contributed by atoms with Crippen LogP contribution in [-0.2, 0) is 9.47 Å². The van der Waals surface area contributed by atoms with E-state index in [1.165, 1.54) is 0 Å². The summed E-state index contributed by atoms with van der Waals surface area (Å²) in [7, 11) is 1.57. The van der Waals surface area contributed by atoms with Crippen LogP contribution in [0.25, 0.3) is 0 Å². The standard InChI is InChI=1S/C8H17NO3/c1-5-7(10)8(2,9)4-6(11-3)12-5/h5-7,10H,4,9H2,1-3H3/t5-,6+,7+,8?/m0/s1. The smallest absolute Gasteiger partial charge is 0.159 e. The van der Waals surface area contributed by atoms with E-state index in [0.717, 1.165) is 0 Å². The fourth-order valence-electron chi connectivity index (χ4n) is 1.52. The highest BCUT2D eigenvalue weighted by molar-refractivity contribution is 4.94. The molecule has 0 saturated carbocycles. The number of aliphatic hydroxyl groups is 1. The second kappa shape index (κ2) is 3.30. The first-order valence-electron chi connectivity index (χ1n) is 4.12. The molecule has 3 N–H and O–H groups in total. The maximum absolute atomic E-state index is 9.61. The number of ether oxygens (including phenoxy) is 2. The van der Waals surface area contributed by atoms with Crippen LogP contribution in [0, 0.1) is 0 Å². The van der Waals surface area contributed by atoms with Gasteiger partial charge in [-0.3, -0.25) is 0 Å². The number of methoxy groups -OCH3 is 1. The minimum absolute atomic E-state index is 0.265. The average molecular weight is 175 g/mol. The molecule has 1 heterocycles. The molecule has 0 spiro atoms. The summed E-state index contributed by atoms with van der Waals surface area (Å²) < 4.78 is 10.4. The van der Waals surface area contributed by atoms with Crippen molar-refractivity contribution in [2.24, 2.45) is 5.73 Å². The molecule has 1 aliphatic rings. The third-order valence-electron chi connectivity index (χ3n) is 2.36. The molecule has 0 radical (unpaired) electrons. The Bertz CT molecular complexity index is 160. The molecule has 0 aromatic heterocycles. The molecule has 72 valence electrons. The van der Waals surface area contributed by atoms with E-state index in [2.05, 4.69) is 0 Å². The quantitative estimate of drug-likeness (QED) is 0.581. The van der Waals surface area contributed by atoms with E-state index in [1.54, 1.807) is 14.0 Å². The second-order valence-electron chi connectivity index (χ2n) is 3.66. The Morgan fingerprint density at radius 1 is 1.67 bits per heavy atom. The minimum Gasteiger partial charge on any atom is -0.389 e. The summed E-state index contributed by atoms with van der Waals surface area (Å²) in [6, 6.07) is 0. The van der Waals surface area contributed by atoms with Gasteiger partial charge in [-0.15, -0.1) is 0 Å². The molecule has 1 fully saturated rings. The van der Waals surface area contributed by atoms with E-state index in [0.29, 0.717) is 6.42 Å². The van der Waals surface area contributed by atoms with Crippen molar-refractivity contribution in [2.75, 3.05) is 7.11 Å². The third kappa shape index (κ3) is 1.77. The van der Waals surface area contributed by atoms with Crippen LogP contribution in [0.3, 0.4) is 0 Å². The third-order valence-corrected chi connectivity index (χ3v) is 2.36. The Labute approximate surface area is 72.6 Å². The predicted molar refractivity (Wildman–Crippen MR) is 44.6 cm³/mol. The predicted octanol–water partition coefficient (Wildman–Crippen LogP) is -0.154. The van der Waals surface area contributed by atoms with Crippen molar-refractivity contribution >= 4 is 0 Å². The van der Waals surface area contributed by atoms with Crippen molar-refractivity contribution in [3.63, 3.8) is 0 Å². The van der Waals surface area contributed by atoms with Crippen molar-refractivity contribution in [1.29, 1.82) is 0 Å². The van der Waals surface area contributed by atoms with Crippen LogP contribution in [-0.4, -0.2) is 36.3 Å². The average Bonchev–Trinajstić information content (AvgIpc) is 1.99. The van der Waals surface area contributed by atoms with Gasteiger partial charge in [0.2, 0.25) is 0 Å². The lowest BCUT2D eigenvalue weighted by atomic mass is 9.86. The Morgan fingerprint density at radius 3 is 2.67 bits per heavy atom. The molecule has 0 bridgehead atoms. The van der Waals surface area contributed by atoms with Crippen LogP contribution in [0.5, 0.6) is 0 Å². The summed E-state index contributed by atoms with van der Waals surface area (Å²) in [6.45, 7) is 3.60. The van der Waals surface area contributed by atoms with E-state index in [4.69, 9.17) is 15.2 Å². The number of aliphatic hydroxyl groups excluding tert-OH is 1. The minimum atomic E-state index is -0.621. The number of nitrogens with two attached hydrogens (primary N) is 1. The summed E-state index contributed by atoms with van der Waals surface area (Å²) in [6.07, 6.45) is -0.657. The van der Waals surface area contributed by atoms with Crippen LogP contribution in [0.1, 0.15) is 20.3 Å². The van der Waals surface area contributed by atoms with Crippen LogP contribution in [0.2, 0.25) is 0 Å². The fourth-order valence-corrected chi connectivity index (χ4v) is 1.52. The number of hydrogen-bond donors (Lipinski definition) is 2. The number of hydrogen-bond acceptors (Lipinski definition) is 4. The topological polar surface area (TPSA) is 64.7 Å². The van der Waals surface area contributed by atoms with Gasteiger partial charge < -0.3 is 20.3 Å². The normalized spacial score (nSPS) is 49.2. The highest BCUT2D eigenvalue weighted by atomic mass is 16.7. The molecule has 0 amide bonds. The Kier molecular flexibility index (Phi) is 2.73. The zero-order chi connectivity index (χ0) is 9.35. The molecule has 0 aromatic carbocycles. The van der Waals surface area contributed by atoms with Crippen molar-refractivity contribution < 1.29 is 14.6 Å². The van der Waals surface area contributed by atoms with Crippen molar-refractivity contribution in [2.45, 2.75) is 44.3 Å². The molecular formula is C8H17NO3. The SMILES string of the molecule is CO[C@H]1CC(C)(N)[C@H](O)[C@H](C)O1. The molecule has 1 unspecified atom stereocenters. The first-order chi connectivity index (χ1) is 5.47. The van der Waals surface area contributed by atoms with Crippen LogP contribution >= 0.6 is 0 Å². The zero-order valence-corrected chi connectivity index (χ0v) is 7.78. The second-order valence-corrected chi connectivity index (χ2v) is 3.66. The summed E-state index contributed by atoms with van der Waals surface area (Å²) in [5.74, 6) is 0. The maximum Gasteiger partial charge on any atom is 0.159 e. The Morgan fingerprint density at radius 2 is 2.25 bits per heavy atom. The highest BCUT2D eigenvalue weighted by Gasteiger charge is 2.41. The highest BCUT2D eigenvalue weighted by Crippen LogP contribution is 2.26. The summed E-state index contributed by atoms with van der Waals surface area (Å²) in [4.78, 5) is 0. The van der Waals surface area contributed by atoms with E-state index in [-0.39, 0.29) is 12.4 Å². The summed E-state index contributed by atoms with van der Waals surface area (Å²) in [5, 5.41) is 9.61. The lowest BCUT2D eigenvalue weighted by Crippen LogP contribution is -2.60. The maximum atomic E-state index is 9.61. The van der Waals surface area contributed by atoms with Crippen molar-refractivity contribution in [3.8, 4) is 0 Å².